The Morgan fingerprint density at radius 3 is 2.76 bits per heavy atom. The Morgan fingerprint density at radius 1 is 1.59 bits per heavy atom. The third-order valence-corrected chi connectivity index (χ3v) is 3.09. The molecule has 1 rings (SSSR count). The maximum absolute atomic E-state index is 13.6. The highest BCUT2D eigenvalue weighted by Crippen LogP contribution is 2.21. The van der Waals surface area contributed by atoms with Crippen molar-refractivity contribution in [3.05, 3.63) is 34.6 Å². The van der Waals surface area contributed by atoms with Gasteiger partial charge in [0.2, 0.25) is 0 Å². The van der Waals surface area contributed by atoms with Gasteiger partial charge in [-0.1, -0.05) is 17.7 Å². The maximum Gasteiger partial charge on any atom is 0.129 e. The minimum absolute atomic E-state index is 0.0724. The Hall–Kier alpha value is -1.13. The summed E-state index contributed by atoms with van der Waals surface area (Å²) in [6.45, 7) is 2.34. The van der Waals surface area contributed by atoms with E-state index in [1.54, 1.807) is 12.1 Å². The van der Waals surface area contributed by atoms with Crippen molar-refractivity contribution in [3.63, 3.8) is 0 Å². The van der Waals surface area contributed by atoms with Crippen molar-refractivity contribution in [2.45, 2.75) is 25.9 Å². The lowest BCUT2D eigenvalue weighted by atomic mass is 10.1. The van der Waals surface area contributed by atoms with Crippen LogP contribution in [0.25, 0.3) is 0 Å². The topological polar surface area (TPSA) is 53.1 Å². The van der Waals surface area contributed by atoms with Crippen LogP contribution in [-0.2, 0) is 6.54 Å². The van der Waals surface area contributed by atoms with Gasteiger partial charge in [0.25, 0.3) is 0 Å². The van der Waals surface area contributed by atoms with Crippen LogP contribution in [0, 0.1) is 11.2 Å². The number of nitrogens with one attached hydrogen (secondary N) is 1. The summed E-state index contributed by atoms with van der Waals surface area (Å²) in [5.41, 5.74) is 5.82. The van der Waals surface area contributed by atoms with Crippen LogP contribution in [0.2, 0.25) is 5.02 Å². The van der Waals surface area contributed by atoms with Crippen molar-refractivity contribution in [3.8, 4) is 0 Å². The summed E-state index contributed by atoms with van der Waals surface area (Å²) in [7, 11) is 1.86. The first kappa shape index (κ1) is 13.9. The average Bonchev–Trinajstić information content (AvgIpc) is 2.22. The van der Waals surface area contributed by atoms with Gasteiger partial charge in [-0.15, -0.1) is 0 Å². The predicted molar refractivity (Wildman–Crippen MR) is 68.9 cm³/mol. The number of hydrogen-bond acceptors (Lipinski definition) is 2. The first-order valence-electron chi connectivity index (χ1n) is 5.38. The Labute approximate surface area is 106 Å². The van der Waals surface area contributed by atoms with Crippen molar-refractivity contribution in [2.24, 2.45) is 5.73 Å². The molecule has 0 aliphatic heterocycles. The van der Waals surface area contributed by atoms with Gasteiger partial charge < -0.3 is 5.73 Å². The lowest BCUT2D eigenvalue weighted by Gasteiger charge is -2.24. The summed E-state index contributed by atoms with van der Waals surface area (Å²) < 4.78 is 13.6. The van der Waals surface area contributed by atoms with E-state index >= 15 is 0 Å². The van der Waals surface area contributed by atoms with Gasteiger partial charge in [0.15, 0.2) is 0 Å². The van der Waals surface area contributed by atoms with Crippen LogP contribution < -0.4 is 5.73 Å². The SMILES string of the molecule is CC(CC(=N)N)N(C)Cc1c(F)cccc1Cl. The van der Waals surface area contributed by atoms with Crippen molar-refractivity contribution in [2.75, 3.05) is 7.05 Å². The van der Waals surface area contributed by atoms with Gasteiger partial charge in [0.1, 0.15) is 5.82 Å². The second kappa shape index (κ2) is 5.98. The van der Waals surface area contributed by atoms with Crippen LogP contribution in [-0.4, -0.2) is 23.8 Å². The normalized spacial score (nSPS) is 12.8. The molecular weight excluding hydrogens is 241 g/mol. The second-order valence-electron chi connectivity index (χ2n) is 4.19. The van der Waals surface area contributed by atoms with Crippen LogP contribution >= 0.6 is 11.6 Å². The van der Waals surface area contributed by atoms with Crippen LogP contribution in [0.4, 0.5) is 4.39 Å². The molecule has 0 fully saturated rings. The molecule has 0 heterocycles. The standard InChI is InChI=1S/C12H17ClFN3/c1-8(6-12(15)16)17(2)7-9-10(13)4-3-5-11(9)14/h3-5,8H,6-7H2,1-2H3,(H3,15,16). The van der Waals surface area contributed by atoms with Crippen molar-refractivity contribution in [1.82, 2.24) is 4.90 Å². The van der Waals surface area contributed by atoms with E-state index in [9.17, 15) is 4.39 Å². The quantitative estimate of drug-likeness (QED) is 0.629. The molecular formula is C12H17ClFN3. The van der Waals surface area contributed by atoms with Crippen LogP contribution in [0.15, 0.2) is 18.2 Å². The van der Waals surface area contributed by atoms with Crippen molar-refractivity contribution >= 4 is 17.4 Å². The smallest absolute Gasteiger partial charge is 0.129 e. The molecule has 3 nitrogen and oxygen atoms in total. The summed E-state index contributed by atoms with van der Waals surface area (Å²) in [6.07, 6.45) is 0.461. The van der Waals surface area contributed by atoms with E-state index in [0.717, 1.165) is 0 Å². The zero-order valence-electron chi connectivity index (χ0n) is 10.0. The van der Waals surface area contributed by atoms with Gasteiger partial charge in [0, 0.05) is 29.6 Å². The van der Waals surface area contributed by atoms with E-state index in [2.05, 4.69) is 0 Å². The molecule has 1 aromatic carbocycles. The summed E-state index contributed by atoms with van der Waals surface area (Å²) in [5.74, 6) is -0.177. The first-order chi connectivity index (χ1) is 7.91. The molecule has 17 heavy (non-hydrogen) atoms. The molecule has 0 amide bonds. The summed E-state index contributed by atoms with van der Waals surface area (Å²) in [5, 5.41) is 7.66. The zero-order chi connectivity index (χ0) is 13.0. The van der Waals surface area contributed by atoms with E-state index in [1.807, 2.05) is 18.9 Å². The third kappa shape index (κ3) is 3.98. The van der Waals surface area contributed by atoms with E-state index < -0.39 is 0 Å². The molecule has 3 N–H and O–H groups in total. The maximum atomic E-state index is 13.6. The highest BCUT2D eigenvalue weighted by Gasteiger charge is 2.14. The van der Waals surface area contributed by atoms with Crippen LogP contribution in [0.1, 0.15) is 18.9 Å². The van der Waals surface area contributed by atoms with E-state index in [1.165, 1.54) is 6.07 Å². The largest absolute Gasteiger partial charge is 0.388 e. The van der Waals surface area contributed by atoms with Gasteiger partial charge in [0.05, 0.1) is 5.84 Å². The lowest BCUT2D eigenvalue weighted by Crippen LogP contribution is -2.32. The van der Waals surface area contributed by atoms with Gasteiger partial charge >= 0.3 is 0 Å². The van der Waals surface area contributed by atoms with Gasteiger partial charge in [-0.2, -0.15) is 0 Å². The number of hydrogen-bond donors (Lipinski definition) is 2. The van der Waals surface area contributed by atoms with Gasteiger partial charge in [-0.05, 0) is 26.1 Å². The molecule has 0 aliphatic rings. The van der Waals surface area contributed by atoms with Crippen molar-refractivity contribution < 1.29 is 4.39 Å². The molecule has 0 saturated carbocycles. The van der Waals surface area contributed by atoms with Gasteiger partial charge in [-0.25, -0.2) is 4.39 Å². The van der Waals surface area contributed by atoms with Crippen LogP contribution in [0.3, 0.4) is 0 Å². The first-order valence-corrected chi connectivity index (χ1v) is 5.75. The monoisotopic (exact) mass is 257 g/mol. The summed E-state index contributed by atoms with van der Waals surface area (Å²) in [6, 6.07) is 4.72. The average molecular weight is 258 g/mol. The Kier molecular flexibility index (Phi) is 4.90. The minimum Gasteiger partial charge on any atom is -0.388 e. The second-order valence-corrected chi connectivity index (χ2v) is 4.60. The molecule has 0 spiro atoms. The van der Waals surface area contributed by atoms with Crippen molar-refractivity contribution in [1.29, 1.82) is 5.41 Å². The van der Waals surface area contributed by atoms with E-state index in [0.29, 0.717) is 23.6 Å². The number of benzene rings is 1. The number of nitrogens with two attached hydrogens (primary N) is 1. The fraction of sp³-hybridized carbons (Fsp3) is 0.417. The molecule has 94 valence electrons. The molecule has 0 aliphatic carbocycles. The lowest BCUT2D eigenvalue weighted by molar-refractivity contribution is 0.251. The summed E-state index contributed by atoms with van der Waals surface area (Å²) in [4.78, 5) is 1.92. The molecule has 1 unspecified atom stereocenters. The Balaban J connectivity index is 2.74. The Morgan fingerprint density at radius 2 is 2.24 bits per heavy atom. The number of nitrogens with zero attached hydrogens (tertiary/aromatic N) is 1. The number of halogens is 2. The molecule has 0 saturated heterocycles. The highest BCUT2D eigenvalue weighted by atomic mass is 35.5. The minimum atomic E-state index is -0.306. The van der Waals surface area contributed by atoms with E-state index in [4.69, 9.17) is 22.7 Å². The Bertz CT molecular complexity index is 388. The molecule has 0 radical (unpaired) electrons. The number of rotatable bonds is 5. The molecule has 1 atom stereocenters. The fourth-order valence-corrected chi connectivity index (χ4v) is 1.79. The molecule has 1 aromatic rings. The third-order valence-electron chi connectivity index (χ3n) is 2.74. The summed E-state index contributed by atoms with van der Waals surface area (Å²) >= 11 is 5.95. The van der Waals surface area contributed by atoms with E-state index in [-0.39, 0.29) is 17.7 Å². The molecule has 0 aromatic heterocycles. The predicted octanol–water partition coefficient (Wildman–Crippen LogP) is 2.63. The number of amidine groups is 1. The zero-order valence-corrected chi connectivity index (χ0v) is 10.8. The molecule has 0 bridgehead atoms. The highest BCUT2D eigenvalue weighted by molar-refractivity contribution is 6.31. The van der Waals surface area contributed by atoms with Crippen LogP contribution in [0.5, 0.6) is 0 Å². The van der Waals surface area contributed by atoms with Gasteiger partial charge in [-0.3, -0.25) is 10.3 Å². The fourth-order valence-electron chi connectivity index (χ4n) is 1.56. The molecule has 5 heteroatoms.